The first kappa shape index (κ1) is 16.6. The molecular formula is C22H23N3O. The van der Waals surface area contributed by atoms with E-state index in [0.717, 1.165) is 30.4 Å². The Balaban J connectivity index is 1.82. The SMILES string of the molecule is NC(=O)C(c1ccccc1)(c1ccccc1)C1CC[C@H](n2ccnc2)C1. The highest BCUT2D eigenvalue weighted by Crippen LogP contribution is 2.49. The predicted octanol–water partition coefficient (Wildman–Crippen LogP) is 3.70. The molecule has 2 N–H and O–H groups in total. The molecule has 1 aromatic heterocycles. The summed E-state index contributed by atoms with van der Waals surface area (Å²) in [6.45, 7) is 0. The molecule has 132 valence electrons. The highest BCUT2D eigenvalue weighted by atomic mass is 16.1. The fourth-order valence-corrected chi connectivity index (χ4v) is 4.63. The molecule has 1 heterocycles. The number of benzene rings is 2. The molecule has 4 heteroatoms. The van der Waals surface area contributed by atoms with Crippen LogP contribution in [0.2, 0.25) is 0 Å². The Hall–Kier alpha value is -2.88. The van der Waals surface area contributed by atoms with E-state index >= 15 is 0 Å². The lowest BCUT2D eigenvalue weighted by Gasteiger charge is -2.37. The highest BCUT2D eigenvalue weighted by Gasteiger charge is 2.49. The molecule has 0 bridgehead atoms. The number of hydrogen-bond donors (Lipinski definition) is 1. The molecule has 26 heavy (non-hydrogen) atoms. The van der Waals surface area contributed by atoms with Crippen LogP contribution in [0.25, 0.3) is 0 Å². The summed E-state index contributed by atoms with van der Waals surface area (Å²) in [7, 11) is 0. The van der Waals surface area contributed by atoms with Crippen molar-refractivity contribution in [2.45, 2.75) is 30.7 Å². The fraction of sp³-hybridized carbons (Fsp3) is 0.273. The predicted molar refractivity (Wildman–Crippen MR) is 101 cm³/mol. The molecule has 1 fully saturated rings. The number of nitrogens with two attached hydrogens (primary N) is 1. The molecule has 4 rings (SSSR count). The van der Waals surface area contributed by atoms with Crippen LogP contribution in [0.3, 0.4) is 0 Å². The van der Waals surface area contributed by atoms with E-state index in [9.17, 15) is 4.79 Å². The summed E-state index contributed by atoms with van der Waals surface area (Å²) in [5.74, 6) is -0.122. The van der Waals surface area contributed by atoms with Crippen molar-refractivity contribution in [3.63, 3.8) is 0 Å². The fourth-order valence-electron chi connectivity index (χ4n) is 4.63. The van der Waals surface area contributed by atoms with Gasteiger partial charge in [-0.25, -0.2) is 4.98 Å². The van der Waals surface area contributed by atoms with Gasteiger partial charge in [0, 0.05) is 18.4 Å². The third-order valence-corrected chi connectivity index (χ3v) is 5.81. The summed E-state index contributed by atoms with van der Waals surface area (Å²) < 4.78 is 2.15. The van der Waals surface area contributed by atoms with Crippen molar-refractivity contribution in [2.24, 2.45) is 11.7 Å². The number of primary amides is 1. The lowest BCUT2D eigenvalue weighted by molar-refractivity contribution is -0.123. The summed E-state index contributed by atoms with van der Waals surface area (Å²) in [5.41, 5.74) is 7.28. The van der Waals surface area contributed by atoms with Crippen molar-refractivity contribution in [1.82, 2.24) is 9.55 Å². The van der Waals surface area contributed by atoms with E-state index in [1.54, 1.807) is 0 Å². The van der Waals surface area contributed by atoms with Crippen LogP contribution in [0.1, 0.15) is 36.4 Å². The van der Waals surface area contributed by atoms with E-state index in [2.05, 4.69) is 9.55 Å². The smallest absolute Gasteiger partial charge is 0.232 e. The standard InChI is InChI=1S/C22H23N3O/c23-21(26)22(17-7-3-1-4-8-17,18-9-5-2-6-10-18)19-11-12-20(15-19)25-14-13-24-16-25/h1-10,13-14,16,19-20H,11-12,15H2,(H2,23,26)/t19?,20-/m0/s1. The van der Waals surface area contributed by atoms with Gasteiger partial charge in [0.15, 0.2) is 0 Å². The number of imidazole rings is 1. The maximum Gasteiger partial charge on any atom is 0.232 e. The van der Waals surface area contributed by atoms with Gasteiger partial charge in [-0.15, -0.1) is 0 Å². The Kier molecular flexibility index (Phi) is 4.33. The van der Waals surface area contributed by atoms with Crippen LogP contribution in [0.15, 0.2) is 79.4 Å². The Bertz CT molecular complexity index is 819. The second-order valence-electron chi connectivity index (χ2n) is 7.08. The van der Waals surface area contributed by atoms with Crippen LogP contribution in [0, 0.1) is 5.92 Å². The third-order valence-electron chi connectivity index (χ3n) is 5.81. The molecule has 1 amide bonds. The second kappa shape index (κ2) is 6.79. The topological polar surface area (TPSA) is 60.9 Å². The molecule has 1 aliphatic rings. The normalized spacial score (nSPS) is 20.2. The first-order valence-electron chi connectivity index (χ1n) is 9.11. The molecule has 0 aliphatic heterocycles. The van der Waals surface area contributed by atoms with Crippen LogP contribution in [0.5, 0.6) is 0 Å². The van der Waals surface area contributed by atoms with Gasteiger partial charge >= 0.3 is 0 Å². The molecule has 3 aromatic rings. The number of carbonyl (C=O) groups excluding carboxylic acids is 1. The zero-order valence-electron chi connectivity index (χ0n) is 14.7. The van der Waals surface area contributed by atoms with E-state index in [1.165, 1.54) is 0 Å². The van der Waals surface area contributed by atoms with Crippen molar-refractivity contribution >= 4 is 5.91 Å². The first-order chi connectivity index (χ1) is 12.7. The van der Waals surface area contributed by atoms with Crippen molar-refractivity contribution in [3.05, 3.63) is 90.5 Å². The summed E-state index contributed by atoms with van der Waals surface area (Å²) in [6.07, 6.45) is 8.56. The van der Waals surface area contributed by atoms with Gasteiger partial charge in [-0.3, -0.25) is 4.79 Å². The van der Waals surface area contributed by atoms with Crippen molar-refractivity contribution < 1.29 is 4.79 Å². The summed E-state index contributed by atoms with van der Waals surface area (Å²) in [5, 5.41) is 0. The molecule has 1 saturated carbocycles. The summed E-state index contributed by atoms with van der Waals surface area (Å²) in [4.78, 5) is 17.2. The van der Waals surface area contributed by atoms with Gasteiger partial charge in [-0.05, 0) is 36.3 Å². The molecule has 0 saturated heterocycles. The largest absolute Gasteiger partial charge is 0.369 e. The average Bonchev–Trinajstić information content (AvgIpc) is 3.36. The average molecular weight is 345 g/mol. The molecule has 0 spiro atoms. The number of hydrogen-bond acceptors (Lipinski definition) is 2. The van der Waals surface area contributed by atoms with Crippen LogP contribution < -0.4 is 5.73 Å². The van der Waals surface area contributed by atoms with Crippen molar-refractivity contribution in [1.29, 1.82) is 0 Å². The van der Waals surface area contributed by atoms with Gasteiger partial charge in [0.25, 0.3) is 0 Å². The van der Waals surface area contributed by atoms with Crippen molar-refractivity contribution in [3.8, 4) is 0 Å². The first-order valence-corrected chi connectivity index (χ1v) is 9.11. The minimum Gasteiger partial charge on any atom is -0.369 e. The quantitative estimate of drug-likeness (QED) is 0.766. The lowest BCUT2D eigenvalue weighted by atomic mass is 9.64. The van der Waals surface area contributed by atoms with E-state index in [4.69, 9.17) is 5.73 Å². The van der Waals surface area contributed by atoms with Gasteiger partial charge in [0.1, 0.15) is 5.41 Å². The molecule has 2 atom stereocenters. The van der Waals surface area contributed by atoms with E-state index in [1.807, 2.05) is 79.4 Å². The van der Waals surface area contributed by atoms with Crippen LogP contribution >= 0.6 is 0 Å². The van der Waals surface area contributed by atoms with E-state index in [-0.39, 0.29) is 11.8 Å². The van der Waals surface area contributed by atoms with E-state index in [0.29, 0.717) is 6.04 Å². The monoisotopic (exact) mass is 345 g/mol. The minimum absolute atomic E-state index is 0.150. The van der Waals surface area contributed by atoms with Gasteiger partial charge in [-0.1, -0.05) is 60.7 Å². The molecular weight excluding hydrogens is 322 g/mol. The van der Waals surface area contributed by atoms with Gasteiger partial charge < -0.3 is 10.3 Å². The van der Waals surface area contributed by atoms with E-state index < -0.39 is 5.41 Å². The number of carbonyl (C=O) groups is 1. The Morgan fingerprint density at radius 2 is 1.62 bits per heavy atom. The molecule has 0 radical (unpaired) electrons. The third kappa shape index (κ3) is 2.62. The second-order valence-corrected chi connectivity index (χ2v) is 7.08. The number of amides is 1. The van der Waals surface area contributed by atoms with Crippen molar-refractivity contribution in [2.75, 3.05) is 0 Å². The van der Waals surface area contributed by atoms with Crippen LogP contribution in [-0.4, -0.2) is 15.5 Å². The molecule has 1 aliphatic carbocycles. The minimum atomic E-state index is -0.808. The maximum absolute atomic E-state index is 13.0. The lowest BCUT2D eigenvalue weighted by Crippen LogP contribution is -2.47. The molecule has 2 aromatic carbocycles. The zero-order chi connectivity index (χ0) is 18.0. The Labute approximate surface area is 153 Å². The number of nitrogens with zero attached hydrogens (tertiary/aromatic N) is 2. The highest BCUT2D eigenvalue weighted by molar-refractivity contribution is 5.91. The molecule has 1 unspecified atom stereocenters. The molecule has 4 nitrogen and oxygen atoms in total. The summed E-state index contributed by atoms with van der Waals surface area (Å²) in [6, 6.07) is 20.4. The van der Waals surface area contributed by atoms with Crippen LogP contribution in [0.4, 0.5) is 0 Å². The summed E-state index contributed by atoms with van der Waals surface area (Å²) >= 11 is 0. The van der Waals surface area contributed by atoms with Gasteiger partial charge in [0.05, 0.1) is 6.33 Å². The number of rotatable bonds is 5. The number of aromatic nitrogens is 2. The maximum atomic E-state index is 13.0. The zero-order valence-corrected chi connectivity index (χ0v) is 14.7. The van der Waals surface area contributed by atoms with Crippen LogP contribution in [-0.2, 0) is 10.2 Å². The van der Waals surface area contributed by atoms with Gasteiger partial charge in [-0.2, -0.15) is 0 Å². The van der Waals surface area contributed by atoms with Gasteiger partial charge in [0.2, 0.25) is 5.91 Å². The Morgan fingerprint density at radius 3 is 2.12 bits per heavy atom. The Morgan fingerprint density at radius 1 is 1.00 bits per heavy atom.